The summed E-state index contributed by atoms with van der Waals surface area (Å²) < 4.78 is 5.16. The fourth-order valence-electron chi connectivity index (χ4n) is 2.93. The van der Waals surface area contributed by atoms with Gasteiger partial charge in [0.15, 0.2) is 0 Å². The van der Waals surface area contributed by atoms with Crippen molar-refractivity contribution in [2.75, 3.05) is 26.2 Å². The minimum atomic E-state index is -0.188. The molecule has 112 valence electrons. The molecule has 1 atom stereocenters. The van der Waals surface area contributed by atoms with Crippen molar-refractivity contribution in [3.05, 3.63) is 0 Å². The van der Waals surface area contributed by atoms with Crippen molar-refractivity contribution in [1.29, 1.82) is 0 Å². The van der Waals surface area contributed by atoms with Crippen LogP contribution in [0, 0.1) is 0 Å². The molecule has 1 unspecified atom stereocenters. The monoisotopic (exact) mass is 270 g/mol. The molecule has 0 spiro atoms. The standard InChI is InChI=1S/C15H30N2O2/c1-4-16-14(15(18)19-6-3)12-17(5-2)13-10-8-7-9-11-13/h13-14,16H,4-12H2,1-3H3. The molecule has 0 aromatic rings. The Balaban J connectivity index is 2.55. The van der Waals surface area contributed by atoms with Crippen molar-refractivity contribution in [3.8, 4) is 0 Å². The summed E-state index contributed by atoms with van der Waals surface area (Å²) in [6, 6.07) is 0.459. The topological polar surface area (TPSA) is 41.6 Å². The van der Waals surface area contributed by atoms with Gasteiger partial charge < -0.3 is 10.1 Å². The molecule has 0 aromatic heterocycles. The van der Waals surface area contributed by atoms with Gasteiger partial charge in [0.05, 0.1) is 6.61 Å². The number of ether oxygens (including phenoxy) is 1. The molecule has 0 amide bonds. The van der Waals surface area contributed by atoms with Gasteiger partial charge in [-0.1, -0.05) is 33.1 Å². The van der Waals surface area contributed by atoms with Crippen molar-refractivity contribution < 1.29 is 9.53 Å². The quantitative estimate of drug-likeness (QED) is 0.686. The molecule has 0 radical (unpaired) electrons. The van der Waals surface area contributed by atoms with Crippen LogP contribution < -0.4 is 5.32 Å². The lowest BCUT2D eigenvalue weighted by Gasteiger charge is -2.35. The first kappa shape index (κ1) is 16.4. The van der Waals surface area contributed by atoms with Crippen LogP contribution in [-0.4, -0.2) is 49.2 Å². The van der Waals surface area contributed by atoms with E-state index in [2.05, 4.69) is 17.1 Å². The smallest absolute Gasteiger partial charge is 0.324 e. The van der Waals surface area contributed by atoms with Gasteiger partial charge in [0.2, 0.25) is 0 Å². The number of hydrogen-bond acceptors (Lipinski definition) is 4. The molecule has 1 rings (SSSR count). The van der Waals surface area contributed by atoms with Gasteiger partial charge in [-0.25, -0.2) is 0 Å². The van der Waals surface area contributed by atoms with Gasteiger partial charge in [0.1, 0.15) is 6.04 Å². The second-order valence-corrected chi connectivity index (χ2v) is 5.24. The molecule has 1 aliphatic rings. The van der Waals surface area contributed by atoms with Crippen LogP contribution in [0.4, 0.5) is 0 Å². The van der Waals surface area contributed by atoms with Gasteiger partial charge in [-0.05, 0) is 32.9 Å². The lowest BCUT2D eigenvalue weighted by Crippen LogP contribution is -2.50. The van der Waals surface area contributed by atoms with E-state index in [1.165, 1.54) is 32.1 Å². The second-order valence-electron chi connectivity index (χ2n) is 5.24. The van der Waals surface area contributed by atoms with Crippen LogP contribution in [0.25, 0.3) is 0 Å². The zero-order valence-electron chi connectivity index (χ0n) is 12.8. The van der Waals surface area contributed by atoms with Crippen LogP contribution in [0.1, 0.15) is 52.9 Å². The van der Waals surface area contributed by atoms with Gasteiger partial charge in [-0.15, -0.1) is 0 Å². The van der Waals surface area contributed by atoms with Crippen molar-refractivity contribution in [2.24, 2.45) is 0 Å². The van der Waals surface area contributed by atoms with E-state index in [0.29, 0.717) is 12.6 Å². The first-order valence-electron chi connectivity index (χ1n) is 7.86. The van der Waals surface area contributed by atoms with E-state index < -0.39 is 0 Å². The molecule has 4 heteroatoms. The SMILES string of the molecule is CCNC(CN(CC)C1CCCCC1)C(=O)OCC. The van der Waals surface area contributed by atoms with E-state index in [0.717, 1.165) is 19.6 Å². The molecule has 0 aliphatic heterocycles. The summed E-state index contributed by atoms with van der Waals surface area (Å²) in [7, 11) is 0. The summed E-state index contributed by atoms with van der Waals surface area (Å²) in [4.78, 5) is 14.4. The summed E-state index contributed by atoms with van der Waals surface area (Å²) in [5.74, 6) is -0.112. The number of carbonyl (C=O) groups excluding carboxylic acids is 1. The molecule has 0 aromatic carbocycles. The minimum absolute atomic E-state index is 0.112. The van der Waals surface area contributed by atoms with Gasteiger partial charge in [-0.3, -0.25) is 9.69 Å². The van der Waals surface area contributed by atoms with E-state index in [9.17, 15) is 4.79 Å². The lowest BCUT2D eigenvalue weighted by atomic mass is 9.94. The predicted octanol–water partition coefficient (Wildman–Crippen LogP) is 2.18. The highest BCUT2D eigenvalue weighted by Gasteiger charge is 2.26. The maximum Gasteiger partial charge on any atom is 0.324 e. The Bertz CT molecular complexity index is 253. The number of nitrogens with zero attached hydrogens (tertiary/aromatic N) is 1. The van der Waals surface area contributed by atoms with Crippen LogP contribution in [0.5, 0.6) is 0 Å². The number of hydrogen-bond donors (Lipinski definition) is 1. The third-order valence-corrected chi connectivity index (χ3v) is 3.94. The van der Waals surface area contributed by atoms with E-state index in [1.807, 2.05) is 13.8 Å². The van der Waals surface area contributed by atoms with Crippen molar-refractivity contribution in [1.82, 2.24) is 10.2 Å². The number of carbonyl (C=O) groups is 1. The highest BCUT2D eigenvalue weighted by Crippen LogP contribution is 2.22. The summed E-state index contributed by atoms with van der Waals surface area (Å²) in [6.07, 6.45) is 6.56. The number of likely N-dealkylation sites (N-methyl/N-ethyl adjacent to an activating group) is 2. The molecule has 0 bridgehead atoms. The molecule has 19 heavy (non-hydrogen) atoms. The molecule has 1 fully saturated rings. The van der Waals surface area contributed by atoms with Crippen LogP contribution in [0.2, 0.25) is 0 Å². The summed E-state index contributed by atoms with van der Waals surface area (Å²) in [5, 5.41) is 3.25. The Kier molecular flexibility index (Phi) is 8.07. The normalized spacial score (nSPS) is 18.5. The minimum Gasteiger partial charge on any atom is -0.465 e. The second kappa shape index (κ2) is 9.32. The van der Waals surface area contributed by atoms with Crippen molar-refractivity contribution in [2.45, 2.75) is 65.0 Å². The number of esters is 1. The fourth-order valence-corrected chi connectivity index (χ4v) is 2.93. The summed E-state index contributed by atoms with van der Waals surface area (Å²) in [6.45, 7) is 9.10. The first-order valence-corrected chi connectivity index (χ1v) is 7.86. The Labute approximate surface area is 117 Å². The Morgan fingerprint density at radius 3 is 2.47 bits per heavy atom. The maximum absolute atomic E-state index is 12.0. The van der Waals surface area contributed by atoms with E-state index in [1.54, 1.807) is 0 Å². The molecule has 1 aliphatic carbocycles. The van der Waals surface area contributed by atoms with Gasteiger partial charge in [0.25, 0.3) is 0 Å². The zero-order valence-corrected chi connectivity index (χ0v) is 12.8. The fraction of sp³-hybridized carbons (Fsp3) is 0.933. The molecular formula is C15H30N2O2. The zero-order chi connectivity index (χ0) is 14.1. The van der Waals surface area contributed by atoms with Crippen molar-refractivity contribution >= 4 is 5.97 Å². The number of nitrogens with one attached hydrogen (secondary N) is 1. The lowest BCUT2D eigenvalue weighted by molar-refractivity contribution is -0.146. The highest BCUT2D eigenvalue weighted by molar-refractivity contribution is 5.76. The van der Waals surface area contributed by atoms with Crippen LogP contribution in [0.15, 0.2) is 0 Å². The van der Waals surface area contributed by atoms with Crippen molar-refractivity contribution in [3.63, 3.8) is 0 Å². The van der Waals surface area contributed by atoms with E-state index in [4.69, 9.17) is 4.74 Å². The largest absolute Gasteiger partial charge is 0.465 e. The molecule has 1 N–H and O–H groups in total. The maximum atomic E-state index is 12.0. The van der Waals surface area contributed by atoms with Crippen LogP contribution in [-0.2, 0) is 9.53 Å². The summed E-state index contributed by atoms with van der Waals surface area (Å²) >= 11 is 0. The Morgan fingerprint density at radius 1 is 1.26 bits per heavy atom. The molecule has 1 saturated carbocycles. The van der Waals surface area contributed by atoms with Gasteiger partial charge in [-0.2, -0.15) is 0 Å². The predicted molar refractivity (Wildman–Crippen MR) is 78.2 cm³/mol. The molecular weight excluding hydrogens is 240 g/mol. The average Bonchev–Trinajstić information content (AvgIpc) is 2.44. The number of rotatable bonds is 8. The highest BCUT2D eigenvalue weighted by atomic mass is 16.5. The molecule has 0 heterocycles. The van der Waals surface area contributed by atoms with Gasteiger partial charge in [0, 0.05) is 12.6 Å². The van der Waals surface area contributed by atoms with E-state index >= 15 is 0 Å². The third kappa shape index (κ3) is 5.49. The molecule has 4 nitrogen and oxygen atoms in total. The van der Waals surface area contributed by atoms with Gasteiger partial charge >= 0.3 is 5.97 Å². The summed E-state index contributed by atoms with van der Waals surface area (Å²) in [5.41, 5.74) is 0. The van der Waals surface area contributed by atoms with Crippen LogP contribution >= 0.6 is 0 Å². The van der Waals surface area contributed by atoms with Crippen LogP contribution in [0.3, 0.4) is 0 Å². The first-order chi connectivity index (χ1) is 9.22. The Morgan fingerprint density at radius 2 is 1.95 bits per heavy atom. The Hall–Kier alpha value is -0.610. The average molecular weight is 270 g/mol. The molecule has 0 saturated heterocycles. The van der Waals surface area contributed by atoms with E-state index in [-0.39, 0.29) is 12.0 Å². The third-order valence-electron chi connectivity index (χ3n) is 3.94.